The molecule has 1 rings (SSSR count). The molecule has 0 aliphatic heterocycles. The number of aliphatic imine (C=N–C) groups is 1. The van der Waals surface area contributed by atoms with Crippen LogP contribution in [0.1, 0.15) is 31.9 Å². The molecule has 7 heteroatoms. The number of aromatic nitrogens is 2. The largest absolute Gasteiger partial charge is 0.370 e. The molecule has 21 heavy (non-hydrogen) atoms. The van der Waals surface area contributed by atoms with Gasteiger partial charge in [0.25, 0.3) is 0 Å². The number of rotatable bonds is 7. The third kappa shape index (κ3) is 7.66. The zero-order valence-corrected chi connectivity index (χ0v) is 16.0. The average molecular weight is 408 g/mol. The summed E-state index contributed by atoms with van der Waals surface area (Å²) in [5.74, 6) is 1.18. The standard InChI is InChI=1S/C14H28N6.HI/c1-11(2)6-7-16-14(15)17-9-13(19(3)4)12-8-18-20(5)10-12;/h8,10-11,13H,6-7,9H2,1-5H3,(H3,15,16,17);1H. The monoisotopic (exact) mass is 408 g/mol. The van der Waals surface area contributed by atoms with Gasteiger partial charge in [-0.05, 0) is 26.4 Å². The highest BCUT2D eigenvalue weighted by Crippen LogP contribution is 2.17. The SMILES string of the molecule is CC(C)CCNC(N)=NCC(c1cnn(C)c1)N(C)C.I. The van der Waals surface area contributed by atoms with Crippen LogP contribution in [0.15, 0.2) is 17.4 Å². The van der Waals surface area contributed by atoms with Gasteiger partial charge in [0.1, 0.15) is 0 Å². The molecule has 0 aromatic carbocycles. The molecule has 0 aliphatic carbocycles. The molecule has 0 bridgehead atoms. The molecule has 1 aromatic heterocycles. The van der Waals surface area contributed by atoms with Crippen LogP contribution in [0.4, 0.5) is 0 Å². The second kappa shape index (κ2) is 9.99. The summed E-state index contributed by atoms with van der Waals surface area (Å²) in [5.41, 5.74) is 7.04. The smallest absolute Gasteiger partial charge is 0.188 e. The van der Waals surface area contributed by atoms with Crippen molar-refractivity contribution in [2.24, 2.45) is 23.7 Å². The number of hydrogen-bond donors (Lipinski definition) is 2. The van der Waals surface area contributed by atoms with Crippen LogP contribution >= 0.6 is 24.0 Å². The second-order valence-corrected chi connectivity index (χ2v) is 5.76. The van der Waals surface area contributed by atoms with E-state index >= 15 is 0 Å². The lowest BCUT2D eigenvalue weighted by atomic mass is 10.1. The zero-order chi connectivity index (χ0) is 15.1. The van der Waals surface area contributed by atoms with Crippen molar-refractivity contribution in [2.75, 3.05) is 27.2 Å². The first kappa shape index (κ1) is 20.2. The maximum atomic E-state index is 5.89. The third-order valence-electron chi connectivity index (χ3n) is 3.20. The molecule has 0 radical (unpaired) electrons. The lowest BCUT2D eigenvalue weighted by Crippen LogP contribution is -2.34. The van der Waals surface area contributed by atoms with Gasteiger partial charge in [-0.25, -0.2) is 0 Å². The lowest BCUT2D eigenvalue weighted by molar-refractivity contribution is 0.306. The molecule has 0 spiro atoms. The van der Waals surface area contributed by atoms with Gasteiger partial charge in [0.15, 0.2) is 5.96 Å². The molecule has 3 N–H and O–H groups in total. The van der Waals surface area contributed by atoms with E-state index < -0.39 is 0 Å². The Morgan fingerprint density at radius 3 is 2.62 bits per heavy atom. The van der Waals surface area contributed by atoms with E-state index in [1.807, 2.05) is 33.5 Å². The van der Waals surface area contributed by atoms with Crippen molar-refractivity contribution in [3.05, 3.63) is 18.0 Å². The maximum Gasteiger partial charge on any atom is 0.188 e. The molecule has 122 valence electrons. The highest BCUT2D eigenvalue weighted by atomic mass is 127. The Kier molecular flexibility index (Phi) is 9.60. The van der Waals surface area contributed by atoms with E-state index in [2.05, 4.69) is 34.2 Å². The van der Waals surface area contributed by atoms with Crippen molar-refractivity contribution < 1.29 is 0 Å². The van der Waals surface area contributed by atoms with Crippen molar-refractivity contribution in [3.8, 4) is 0 Å². The first-order chi connectivity index (χ1) is 9.40. The summed E-state index contributed by atoms with van der Waals surface area (Å²) in [6, 6.07) is 0.189. The number of hydrogen-bond acceptors (Lipinski definition) is 3. The van der Waals surface area contributed by atoms with E-state index in [4.69, 9.17) is 5.73 Å². The number of likely N-dealkylation sites (N-methyl/N-ethyl adjacent to an activating group) is 1. The van der Waals surface area contributed by atoms with Crippen molar-refractivity contribution in [1.29, 1.82) is 0 Å². The Morgan fingerprint density at radius 1 is 1.48 bits per heavy atom. The minimum absolute atomic E-state index is 0. The second-order valence-electron chi connectivity index (χ2n) is 5.76. The van der Waals surface area contributed by atoms with Crippen LogP contribution in [0.2, 0.25) is 0 Å². The summed E-state index contributed by atoms with van der Waals surface area (Å²) in [5, 5.41) is 7.36. The number of guanidine groups is 1. The molecule has 0 saturated carbocycles. The van der Waals surface area contributed by atoms with Gasteiger partial charge in [0.2, 0.25) is 0 Å². The first-order valence-electron chi connectivity index (χ1n) is 7.09. The summed E-state index contributed by atoms with van der Waals surface area (Å²) in [4.78, 5) is 6.56. The van der Waals surface area contributed by atoms with E-state index in [1.54, 1.807) is 4.68 Å². The predicted octanol–water partition coefficient (Wildman–Crippen LogP) is 1.59. The van der Waals surface area contributed by atoms with Crippen LogP contribution in [0.5, 0.6) is 0 Å². The van der Waals surface area contributed by atoms with E-state index in [1.165, 1.54) is 0 Å². The fourth-order valence-electron chi connectivity index (χ4n) is 1.91. The van der Waals surface area contributed by atoms with Crippen LogP contribution < -0.4 is 11.1 Å². The zero-order valence-electron chi connectivity index (χ0n) is 13.7. The van der Waals surface area contributed by atoms with Gasteiger partial charge in [-0.15, -0.1) is 24.0 Å². The summed E-state index contributed by atoms with van der Waals surface area (Å²) >= 11 is 0. The van der Waals surface area contributed by atoms with Gasteiger partial charge in [-0.1, -0.05) is 13.8 Å². The van der Waals surface area contributed by atoms with E-state index in [-0.39, 0.29) is 30.0 Å². The molecule has 0 saturated heterocycles. The quantitative estimate of drug-likeness (QED) is 0.409. The predicted molar refractivity (Wildman–Crippen MR) is 99.0 cm³/mol. The Balaban J connectivity index is 0.00000400. The van der Waals surface area contributed by atoms with Crippen LogP contribution in [-0.4, -0.2) is 47.8 Å². The normalized spacial score (nSPS) is 13.4. The van der Waals surface area contributed by atoms with E-state index in [0.717, 1.165) is 18.5 Å². The van der Waals surface area contributed by atoms with Gasteiger partial charge < -0.3 is 16.0 Å². The molecule has 0 fully saturated rings. The van der Waals surface area contributed by atoms with Gasteiger partial charge >= 0.3 is 0 Å². The van der Waals surface area contributed by atoms with Crippen LogP contribution in [0, 0.1) is 5.92 Å². The van der Waals surface area contributed by atoms with Gasteiger partial charge in [-0.2, -0.15) is 5.10 Å². The molecular formula is C14H29IN6. The highest BCUT2D eigenvalue weighted by Gasteiger charge is 2.15. The Labute approximate surface area is 145 Å². The maximum absolute atomic E-state index is 5.89. The van der Waals surface area contributed by atoms with Gasteiger partial charge in [0, 0.05) is 25.4 Å². The van der Waals surface area contributed by atoms with Crippen molar-refractivity contribution in [1.82, 2.24) is 20.0 Å². The average Bonchev–Trinajstić information content (AvgIpc) is 2.75. The first-order valence-corrected chi connectivity index (χ1v) is 7.09. The summed E-state index contributed by atoms with van der Waals surface area (Å²) in [7, 11) is 5.99. The Morgan fingerprint density at radius 2 is 2.14 bits per heavy atom. The summed E-state index contributed by atoms with van der Waals surface area (Å²) in [6.45, 7) is 5.88. The van der Waals surface area contributed by atoms with Crippen LogP contribution in [0.3, 0.4) is 0 Å². The van der Waals surface area contributed by atoms with Crippen LogP contribution in [-0.2, 0) is 7.05 Å². The van der Waals surface area contributed by atoms with Gasteiger partial charge in [-0.3, -0.25) is 9.67 Å². The molecule has 1 unspecified atom stereocenters. The number of nitrogens with two attached hydrogens (primary N) is 1. The lowest BCUT2D eigenvalue weighted by Gasteiger charge is -2.21. The highest BCUT2D eigenvalue weighted by molar-refractivity contribution is 14.0. The minimum atomic E-state index is 0. The Bertz CT molecular complexity index is 427. The number of halogens is 1. The van der Waals surface area contributed by atoms with E-state index in [0.29, 0.717) is 18.4 Å². The summed E-state index contributed by atoms with van der Waals surface area (Å²) in [6.07, 6.45) is 4.99. The molecule has 1 heterocycles. The molecular weight excluding hydrogens is 379 g/mol. The number of nitrogens with zero attached hydrogens (tertiary/aromatic N) is 4. The molecule has 0 aliphatic rings. The van der Waals surface area contributed by atoms with Crippen molar-refractivity contribution >= 4 is 29.9 Å². The molecule has 0 amide bonds. The van der Waals surface area contributed by atoms with Crippen LogP contribution in [0.25, 0.3) is 0 Å². The molecule has 1 atom stereocenters. The number of aryl methyl sites for hydroxylation is 1. The van der Waals surface area contributed by atoms with Crippen molar-refractivity contribution in [2.45, 2.75) is 26.3 Å². The molecule has 1 aromatic rings. The fraction of sp³-hybridized carbons (Fsp3) is 0.714. The minimum Gasteiger partial charge on any atom is -0.370 e. The topological polar surface area (TPSA) is 71.5 Å². The van der Waals surface area contributed by atoms with E-state index in [9.17, 15) is 0 Å². The number of nitrogens with one attached hydrogen (secondary N) is 1. The fourth-order valence-corrected chi connectivity index (χ4v) is 1.91. The van der Waals surface area contributed by atoms with Crippen molar-refractivity contribution in [3.63, 3.8) is 0 Å². The molecule has 6 nitrogen and oxygen atoms in total. The summed E-state index contributed by atoms with van der Waals surface area (Å²) < 4.78 is 1.81. The van der Waals surface area contributed by atoms with Gasteiger partial charge in [0.05, 0.1) is 18.8 Å². The third-order valence-corrected chi connectivity index (χ3v) is 3.20. The Hall–Kier alpha value is -0.830.